The molecule has 132 valence electrons. The van der Waals surface area contributed by atoms with Gasteiger partial charge in [0.1, 0.15) is 11.6 Å². The van der Waals surface area contributed by atoms with E-state index < -0.39 is 11.6 Å². The van der Waals surface area contributed by atoms with Crippen molar-refractivity contribution < 1.29 is 13.6 Å². The van der Waals surface area contributed by atoms with Gasteiger partial charge in [0, 0.05) is 32.2 Å². The van der Waals surface area contributed by atoms with Crippen LogP contribution in [0.15, 0.2) is 42.5 Å². The number of anilines is 2. The van der Waals surface area contributed by atoms with E-state index in [2.05, 4.69) is 10.2 Å². The topological polar surface area (TPSA) is 35.6 Å². The van der Waals surface area contributed by atoms with Crippen LogP contribution in [0, 0.1) is 11.6 Å². The fraction of sp³-hybridized carbons (Fsp3) is 0.278. The highest BCUT2D eigenvalue weighted by atomic mass is 35.5. The monoisotopic (exact) mass is 365 g/mol. The third-order valence-corrected chi connectivity index (χ3v) is 4.45. The van der Waals surface area contributed by atoms with E-state index in [-0.39, 0.29) is 18.1 Å². The number of nitrogens with zero attached hydrogens (tertiary/aromatic N) is 2. The smallest absolute Gasteiger partial charge is 0.238 e. The van der Waals surface area contributed by atoms with E-state index in [4.69, 9.17) is 11.6 Å². The van der Waals surface area contributed by atoms with Gasteiger partial charge in [0.2, 0.25) is 5.91 Å². The average Bonchev–Trinajstić information content (AvgIpc) is 2.59. The largest absolute Gasteiger partial charge is 0.368 e. The molecular formula is C18H18ClF2N3O. The number of carbonyl (C=O) groups excluding carboxylic acids is 1. The van der Waals surface area contributed by atoms with Gasteiger partial charge in [0.15, 0.2) is 0 Å². The Hall–Kier alpha value is -2.18. The summed E-state index contributed by atoms with van der Waals surface area (Å²) in [5.41, 5.74) is 0.842. The van der Waals surface area contributed by atoms with Crippen molar-refractivity contribution in [3.05, 3.63) is 59.1 Å². The van der Waals surface area contributed by atoms with Gasteiger partial charge < -0.3 is 10.2 Å². The molecule has 1 N–H and O–H groups in total. The minimum absolute atomic E-state index is 0.131. The SMILES string of the molecule is O=C(CN1CCN(c2ccccc2Cl)CC1)Nc1cc(F)ccc1F. The highest BCUT2D eigenvalue weighted by Gasteiger charge is 2.20. The summed E-state index contributed by atoms with van der Waals surface area (Å²) in [6.07, 6.45) is 0. The summed E-state index contributed by atoms with van der Waals surface area (Å²) in [4.78, 5) is 16.2. The highest BCUT2D eigenvalue weighted by Crippen LogP contribution is 2.26. The van der Waals surface area contributed by atoms with Crippen molar-refractivity contribution in [1.82, 2.24) is 4.90 Å². The maximum Gasteiger partial charge on any atom is 0.238 e. The molecule has 3 rings (SSSR count). The van der Waals surface area contributed by atoms with E-state index in [1.54, 1.807) is 0 Å². The number of hydrogen-bond donors (Lipinski definition) is 1. The summed E-state index contributed by atoms with van der Waals surface area (Å²) in [7, 11) is 0. The Morgan fingerprint density at radius 3 is 2.52 bits per heavy atom. The van der Waals surface area contributed by atoms with E-state index in [0.29, 0.717) is 18.1 Å². The van der Waals surface area contributed by atoms with Crippen LogP contribution in [0.4, 0.5) is 20.2 Å². The molecule has 25 heavy (non-hydrogen) atoms. The summed E-state index contributed by atoms with van der Waals surface area (Å²) < 4.78 is 26.7. The van der Waals surface area contributed by atoms with Crippen LogP contribution >= 0.6 is 11.6 Å². The molecule has 0 aromatic heterocycles. The zero-order valence-corrected chi connectivity index (χ0v) is 14.3. The normalized spacial score (nSPS) is 15.2. The number of rotatable bonds is 4. The molecule has 0 radical (unpaired) electrons. The summed E-state index contributed by atoms with van der Waals surface area (Å²) in [6, 6.07) is 10.6. The molecule has 0 aliphatic carbocycles. The van der Waals surface area contributed by atoms with E-state index in [1.807, 2.05) is 29.2 Å². The zero-order valence-electron chi connectivity index (χ0n) is 13.5. The molecular weight excluding hydrogens is 348 g/mol. The molecule has 1 aliphatic rings. The molecule has 0 bridgehead atoms. The van der Waals surface area contributed by atoms with Gasteiger partial charge in [0.05, 0.1) is 22.9 Å². The first kappa shape index (κ1) is 17.6. The second kappa shape index (κ2) is 7.80. The number of amides is 1. The Labute approximate surface area is 150 Å². The molecule has 0 atom stereocenters. The Morgan fingerprint density at radius 1 is 1.08 bits per heavy atom. The molecule has 2 aromatic rings. The second-order valence-electron chi connectivity index (χ2n) is 5.89. The molecule has 1 saturated heterocycles. The van der Waals surface area contributed by atoms with Crippen molar-refractivity contribution in [3.8, 4) is 0 Å². The van der Waals surface area contributed by atoms with Crippen LogP contribution in [0.2, 0.25) is 5.02 Å². The molecule has 1 aliphatic heterocycles. The fourth-order valence-electron chi connectivity index (χ4n) is 2.84. The van der Waals surface area contributed by atoms with Crippen LogP contribution in [-0.2, 0) is 4.79 Å². The maximum atomic E-state index is 13.6. The first-order chi connectivity index (χ1) is 12.0. The van der Waals surface area contributed by atoms with Gasteiger partial charge >= 0.3 is 0 Å². The first-order valence-electron chi connectivity index (χ1n) is 7.99. The number of benzene rings is 2. The lowest BCUT2D eigenvalue weighted by Crippen LogP contribution is -2.48. The lowest BCUT2D eigenvalue weighted by atomic mass is 10.2. The average molecular weight is 366 g/mol. The van der Waals surface area contributed by atoms with Gasteiger partial charge in [-0.05, 0) is 24.3 Å². The number of hydrogen-bond acceptors (Lipinski definition) is 3. The minimum Gasteiger partial charge on any atom is -0.368 e. The zero-order chi connectivity index (χ0) is 17.8. The van der Waals surface area contributed by atoms with E-state index >= 15 is 0 Å². The predicted molar refractivity (Wildman–Crippen MR) is 95.1 cm³/mol. The Morgan fingerprint density at radius 2 is 1.80 bits per heavy atom. The van der Waals surface area contributed by atoms with Crippen LogP contribution in [-0.4, -0.2) is 43.5 Å². The Balaban J connectivity index is 1.53. The number of piperazine rings is 1. The van der Waals surface area contributed by atoms with Crippen LogP contribution in [0.5, 0.6) is 0 Å². The van der Waals surface area contributed by atoms with E-state index in [9.17, 15) is 13.6 Å². The third-order valence-electron chi connectivity index (χ3n) is 4.14. The molecule has 7 heteroatoms. The lowest BCUT2D eigenvalue weighted by Gasteiger charge is -2.36. The van der Waals surface area contributed by atoms with Crippen molar-refractivity contribution in [2.45, 2.75) is 0 Å². The molecule has 0 unspecified atom stereocenters. The minimum atomic E-state index is -0.654. The van der Waals surface area contributed by atoms with Crippen LogP contribution in [0.25, 0.3) is 0 Å². The number of halogens is 3. The van der Waals surface area contributed by atoms with Gasteiger partial charge in [-0.3, -0.25) is 9.69 Å². The van der Waals surface area contributed by atoms with Gasteiger partial charge in [-0.25, -0.2) is 8.78 Å². The third kappa shape index (κ3) is 4.46. The number of nitrogens with one attached hydrogen (secondary N) is 1. The van der Waals surface area contributed by atoms with Crippen LogP contribution in [0.3, 0.4) is 0 Å². The molecule has 1 heterocycles. The van der Waals surface area contributed by atoms with Crippen LogP contribution < -0.4 is 10.2 Å². The number of para-hydroxylation sites is 1. The fourth-order valence-corrected chi connectivity index (χ4v) is 3.10. The summed E-state index contributed by atoms with van der Waals surface area (Å²) in [5.74, 6) is -1.61. The van der Waals surface area contributed by atoms with Gasteiger partial charge in [-0.15, -0.1) is 0 Å². The predicted octanol–water partition coefficient (Wildman–Crippen LogP) is 3.38. The highest BCUT2D eigenvalue weighted by molar-refractivity contribution is 6.33. The Kier molecular flexibility index (Phi) is 5.50. The van der Waals surface area contributed by atoms with Crippen molar-refractivity contribution in [1.29, 1.82) is 0 Å². The van der Waals surface area contributed by atoms with Crippen LogP contribution in [0.1, 0.15) is 0 Å². The molecule has 1 amide bonds. The second-order valence-corrected chi connectivity index (χ2v) is 6.29. The summed E-state index contributed by atoms with van der Waals surface area (Å²) >= 11 is 6.21. The maximum absolute atomic E-state index is 13.6. The van der Waals surface area contributed by atoms with E-state index in [1.165, 1.54) is 0 Å². The van der Waals surface area contributed by atoms with Crippen molar-refractivity contribution in [2.75, 3.05) is 42.9 Å². The van der Waals surface area contributed by atoms with Gasteiger partial charge in [-0.1, -0.05) is 23.7 Å². The molecule has 0 saturated carbocycles. The number of carbonyl (C=O) groups is 1. The van der Waals surface area contributed by atoms with Gasteiger partial charge in [0.25, 0.3) is 0 Å². The van der Waals surface area contributed by atoms with Crippen molar-refractivity contribution in [3.63, 3.8) is 0 Å². The van der Waals surface area contributed by atoms with Crippen molar-refractivity contribution >= 4 is 28.9 Å². The van der Waals surface area contributed by atoms with Gasteiger partial charge in [-0.2, -0.15) is 0 Å². The lowest BCUT2D eigenvalue weighted by molar-refractivity contribution is -0.117. The molecule has 4 nitrogen and oxygen atoms in total. The Bertz CT molecular complexity index is 764. The van der Waals surface area contributed by atoms with Crippen molar-refractivity contribution in [2.24, 2.45) is 0 Å². The standard InChI is InChI=1S/C18H18ClF2N3O/c19-14-3-1-2-4-17(14)24-9-7-23(8-10-24)12-18(25)22-16-11-13(20)5-6-15(16)21/h1-6,11H,7-10,12H2,(H,22,25). The first-order valence-corrected chi connectivity index (χ1v) is 8.37. The molecule has 2 aromatic carbocycles. The molecule has 1 fully saturated rings. The summed E-state index contributed by atoms with van der Waals surface area (Å²) in [6.45, 7) is 2.98. The van der Waals surface area contributed by atoms with E-state index in [0.717, 1.165) is 37.0 Å². The molecule has 0 spiro atoms. The summed E-state index contributed by atoms with van der Waals surface area (Å²) in [5, 5.41) is 3.12. The quantitative estimate of drug-likeness (QED) is 0.902.